The second-order valence-corrected chi connectivity index (χ2v) is 5.47. The maximum absolute atomic E-state index is 12.4. The zero-order chi connectivity index (χ0) is 13.0. The van der Waals surface area contributed by atoms with Crippen LogP contribution < -0.4 is 0 Å². The van der Waals surface area contributed by atoms with Gasteiger partial charge in [0, 0.05) is 28.5 Å². The molecule has 2 nitrogen and oxygen atoms in total. The molecule has 4 heteroatoms. The van der Waals surface area contributed by atoms with Gasteiger partial charge in [-0.25, -0.2) is 0 Å². The zero-order valence-electron chi connectivity index (χ0n) is 10.3. The first-order valence-electron chi connectivity index (χ1n) is 5.60. The predicted octanol–water partition coefficient (Wildman–Crippen LogP) is 3.89. The molecule has 0 aliphatic heterocycles. The molecule has 0 unspecified atom stereocenters. The average Bonchev–Trinajstić information content (AvgIpc) is 2.24. The fraction of sp³-hybridized carbons (Fsp3) is 0.462. The molecule has 94 valence electrons. The summed E-state index contributed by atoms with van der Waals surface area (Å²) in [6.07, 6.45) is 0. The van der Waals surface area contributed by atoms with Gasteiger partial charge in [-0.3, -0.25) is 4.79 Å². The van der Waals surface area contributed by atoms with Crippen LogP contribution in [0.1, 0.15) is 29.8 Å². The van der Waals surface area contributed by atoms with Crippen molar-refractivity contribution in [2.75, 3.05) is 11.9 Å². The second-order valence-electron chi connectivity index (χ2n) is 4.24. The van der Waals surface area contributed by atoms with Gasteiger partial charge in [0.1, 0.15) is 0 Å². The van der Waals surface area contributed by atoms with Crippen LogP contribution in [-0.4, -0.2) is 28.7 Å². The molecular formula is C13H17BrClNO. The standard InChI is InChI=1S/C13H17BrClNO/c1-9(2)16(7-6-14)13(17)12-5-4-11(15)8-10(12)3/h4-5,8-9H,6-7H2,1-3H3. The lowest BCUT2D eigenvalue weighted by atomic mass is 10.1. The Morgan fingerprint density at radius 1 is 1.47 bits per heavy atom. The van der Waals surface area contributed by atoms with E-state index in [0.29, 0.717) is 11.6 Å². The third-order valence-electron chi connectivity index (χ3n) is 2.63. The minimum atomic E-state index is 0.0635. The van der Waals surface area contributed by atoms with Gasteiger partial charge in [0.25, 0.3) is 5.91 Å². The summed E-state index contributed by atoms with van der Waals surface area (Å²) in [5.74, 6) is 0.0635. The van der Waals surface area contributed by atoms with Crippen LogP contribution in [0, 0.1) is 6.92 Å². The van der Waals surface area contributed by atoms with Crippen LogP contribution in [0.5, 0.6) is 0 Å². The molecule has 0 aliphatic rings. The summed E-state index contributed by atoms with van der Waals surface area (Å²) in [7, 11) is 0. The van der Waals surface area contributed by atoms with Crippen molar-refractivity contribution < 1.29 is 4.79 Å². The molecule has 0 saturated carbocycles. The SMILES string of the molecule is Cc1cc(Cl)ccc1C(=O)N(CCBr)C(C)C. The van der Waals surface area contributed by atoms with Gasteiger partial charge in [-0.05, 0) is 44.5 Å². The summed E-state index contributed by atoms with van der Waals surface area (Å²) in [6.45, 7) is 6.65. The first kappa shape index (κ1) is 14.5. The average molecular weight is 319 g/mol. The summed E-state index contributed by atoms with van der Waals surface area (Å²) >= 11 is 9.27. The summed E-state index contributed by atoms with van der Waals surface area (Å²) in [6, 6.07) is 5.56. The van der Waals surface area contributed by atoms with E-state index in [-0.39, 0.29) is 11.9 Å². The Morgan fingerprint density at radius 2 is 2.12 bits per heavy atom. The van der Waals surface area contributed by atoms with E-state index in [9.17, 15) is 4.79 Å². The quantitative estimate of drug-likeness (QED) is 0.771. The van der Waals surface area contributed by atoms with E-state index in [1.165, 1.54) is 0 Å². The summed E-state index contributed by atoms with van der Waals surface area (Å²) in [4.78, 5) is 14.2. The Kier molecular flexibility index (Phi) is 5.47. The van der Waals surface area contributed by atoms with Gasteiger partial charge in [-0.15, -0.1) is 0 Å². The van der Waals surface area contributed by atoms with Crippen molar-refractivity contribution in [3.8, 4) is 0 Å². The van der Waals surface area contributed by atoms with Crippen molar-refractivity contribution in [2.24, 2.45) is 0 Å². The first-order chi connectivity index (χ1) is 7.97. The molecule has 17 heavy (non-hydrogen) atoms. The third-order valence-corrected chi connectivity index (χ3v) is 3.22. The van der Waals surface area contributed by atoms with Crippen LogP contribution in [0.3, 0.4) is 0 Å². The fourth-order valence-electron chi connectivity index (χ4n) is 1.71. The summed E-state index contributed by atoms with van der Waals surface area (Å²) < 4.78 is 0. The van der Waals surface area contributed by atoms with Crippen LogP contribution in [0.4, 0.5) is 0 Å². The van der Waals surface area contributed by atoms with E-state index in [1.807, 2.05) is 31.7 Å². The van der Waals surface area contributed by atoms with Crippen LogP contribution in [-0.2, 0) is 0 Å². The molecule has 0 heterocycles. The van der Waals surface area contributed by atoms with E-state index in [0.717, 1.165) is 16.5 Å². The molecule has 1 aromatic rings. The van der Waals surface area contributed by atoms with Gasteiger partial charge in [0.2, 0.25) is 0 Å². The fourth-order valence-corrected chi connectivity index (χ4v) is 2.32. The number of alkyl halides is 1. The topological polar surface area (TPSA) is 20.3 Å². The zero-order valence-corrected chi connectivity index (χ0v) is 12.7. The number of carbonyl (C=O) groups is 1. The molecular weight excluding hydrogens is 302 g/mol. The van der Waals surface area contributed by atoms with Gasteiger partial charge in [0.05, 0.1) is 0 Å². The van der Waals surface area contributed by atoms with Gasteiger partial charge in [-0.1, -0.05) is 27.5 Å². The number of benzene rings is 1. The van der Waals surface area contributed by atoms with Gasteiger partial charge in [0.15, 0.2) is 0 Å². The molecule has 0 radical (unpaired) electrons. The van der Waals surface area contributed by atoms with Crippen LogP contribution >= 0.6 is 27.5 Å². The van der Waals surface area contributed by atoms with E-state index in [1.54, 1.807) is 12.1 Å². The van der Waals surface area contributed by atoms with Crippen molar-refractivity contribution in [2.45, 2.75) is 26.8 Å². The molecule has 1 rings (SSSR count). The van der Waals surface area contributed by atoms with Crippen molar-refractivity contribution in [1.29, 1.82) is 0 Å². The number of amides is 1. The molecule has 0 aliphatic carbocycles. The maximum atomic E-state index is 12.4. The highest BCUT2D eigenvalue weighted by Gasteiger charge is 2.19. The monoisotopic (exact) mass is 317 g/mol. The molecule has 0 N–H and O–H groups in total. The third kappa shape index (κ3) is 3.71. The summed E-state index contributed by atoms with van der Waals surface area (Å²) in [5.41, 5.74) is 1.65. The number of aryl methyl sites for hydroxylation is 1. The van der Waals surface area contributed by atoms with E-state index in [2.05, 4.69) is 15.9 Å². The van der Waals surface area contributed by atoms with Crippen molar-refractivity contribution in [3.05, 3.63) is 34.3 Å². The second kappa shape index (κ2) is 6.41. The molecule has 0 saturated heterocycles. The molecule has 1 amide bonds. The van der Waals surface area contributed by atoms with Crippen LogP contribution in [0.15, 0.2) is 18.2 Å². The van der Waals surface area contributed by atoms with Crippen molar-refractivity contribution in [3.63, 3.8) is 0 Å². The molecule has 0 aromatic heterocycles. The van der Waals surface area contributed by atoms with Gasteiger partial charge >= 0.3 is 0 Å². The molecule has 1 aromatic carbocycles. The lowest BCUT2D eigenvalue weighted by molar-refractivity contribution is 0.0718. The Bertz CT molecular complexity index is 406. The highest BCUT2D eigenvalue weighted by Crippen LogP contribution is 2.18. The van der Waals surface area contributed by atoms with Crippen LogP contribution in [0.2, 0.25) is 5.02 Å². The molecule has 0 bridgehead atoms. The highest BCUT2D eigenvalue weighted by atomic mass is 79.9. The Balaban J connectivity index is 3.01. The highest BCUT2D eigenvalue weighted by molar-refractivity contribution is 9.09. The van der Waals surface area contributed by atoms with Crippen molar-refractivity contribution >= 4 is 33.4 Å². The lowest BCUT2D eigenvalue weighted by Gasteiger charge is -2.26. The molecule has 0 spiro atoms. The largest absolute Gasteiger partial charge is 0.335 e. The van der Waals surface area contributed by atoms with Crippen LogP contribution in [0.25, 0.3) is 0 Å². The smallest absolute Gasteiger partial charge is 0.254 e. The van der Waals surface area contributed by atoms with E-state index < -0.39 is 0 Å². The predicted molar refractivity (Wildman–Crippen MR) is 76.2 cm³/mol. The molecule has 0 atom stereocenters. The number of halogens is 2. The minimum absolute atomic E-state index is 0.0635. The number of hydrogen-bond acceptors (Lipinski definition) is 1. The van der Waals surface area contributed by atoms with E-state index >= 15 is 0 Å². The molecule has 0 fully saturated rings. The number of nitrogens with zero attached hydrogens (tertiary/aromatic N) is 1. The normalized spacial score (nSPS) is 10.7. The minimum Gasteiger partial charge on any atom is -0.335 e. The Labute approximate surface area is 116 Å². The lowest BCUT2D eigenvalue weighted by Crippen LogP contribution is -2.38. The number of carbonyl (C=O) groups excluding carboxylic acids is 1. The van der Waals surface area contributed by atoms with Gasteiger partial charge < -0.3 is 4.90 Å². The van der Waals surface area contributed by atoms with Gasteiger partial charge in [-0.2, -0.15) is 0 Å². The maximum Gasteiger partial charge on any atom is 0.254 e. The first-order valence-corrected chi connectivity index (χ1v) is 7.10. The Hall–Kier alpha value is -0.540. The van der Waals surface area contributed by atoms with E-state index in [4.69, 9.17) is 11.6 Å². The number of hydrogen-bond donors (Lipinski definition) is 0. The number of rotatable bonds is 4. The Morgan fingerprint density at radius 3 is 2.59 bits per heavy atom. The van der Waals surface area contributed by atoms with Crippen molar-refractivity contribution in [1.82, 2.24) is 4.90 Å². The summed E-state index contributed by atoms with van der Waals surface area (Å²) in [5, 5.41) is 1.44.